The summed E-state index contributed by atoms with van der Waals surface area (Å²) in [6.45, 7) is 0.693. The van der Waals surface area contributed by atoms with Crippen LogP contribution in [0.5, 0.6) is 11.5 Å². The number of hydrogen-bond donors (Lipinski definition) is 4. The molecule has 16 heavy (non-hydrogen) atoms. The fraction of sp³-hybridized carbons (Fsp3) is 0.455. The van der Waals surface area contributed by atoms with E-state index in [1.165, 1.54) is 6.07 Å². The van der Waals surface area contributed by atoms with Gasteiger partial charge in [0.15, 0.2) is 11.5 Å². The number of phenols is 2. The van der Waals surface area contributed by atoms with Gasteiger partial charge < -0.3 is 26.4 Å². The van der Waals surface area contributed by atoms with Crippen molar-refractivity contribution in [3.8, 4) is 11.5 Å². The quantitative estimate of drug-likeness (QED) is 0.529. The molecule has 0 amide bonds. The number of phenolic OH excluding ortho intramolecular Hbond substituents is 2. The third-order valence-corrected chi connectivity index (χ3v) is 2.91. The molecule has 5 heteroatoms. The maximum Gasteiger partial charge on any atom is 0.161 e. The summed E-state index contributed by atoms with van der Waals surface area (Å²) in [5.41, 5.74) is 12.7. The Balaban J connectivity index is 2.45. The zero-order valence-corrected chi connectivity index (χ0v) is 8.89. The van der Waals surface area contributed by atoms with Crippen LogP contribution < -0.4 is 11.5 Å². The lowest BCUT2D eigenvalue weighted by Gasteiger charge is -2.31. The van der Waals surface area contributed by atoms with Crippen molar-refractivity contribution >= 4 is 0 Å². The van der Waals surface area contributed by atoms with Gasteiger partial charge in [-0.2, -0.15) is 0 Å². The number of fused-ring (bicyclic) bond motifs is 1. The van der Waals surface area contributed by atoms with Gasteiger partial charge in [0.1, 0.15) is 0 Å². The molecule has 0 saturated heterocycles. The Labute approximate surface area is 93.6 Å². The van der Waals surface area contributed by atoms with E-state index in [2.05, 4.69) is 0 Å². The summed E-state index contributed by atoms with van der Waals surface area (Å²) in [5.74, 6) is -0.204. The molecule has 0 bridgehead atoms. The average Bonchev–Trinajstić information content (AvgIpc) is 2.32. The van der Waals surface area contributed by atoms with E-state index in [-0.39, 0.29) is 23.7 Å². The zero-order chi connectivity index (χ0) is 11.7. The second kappa shape index (κ2) is 4.29. The molecule has 1 aliphatic heterocycles. The Hall–Kier alpha value is -1.30. The fourth-order valence-electron chi connectivity index (χ4n) is 2.06. The molecule has 2 unspecified atom stereocenters. The maximum atomic E-state index is 9.78. The van der Waals surface area contributed by atoms with Gasteiger partial charge >= 0.3 is 0 Å². The number of nitrogens with two attached hydrogens (primary N) is 2. The molecule has 2 rings (SSSR count). The normalized spacial score (nSPS) is 24.1. The predicted molar refractivity (Wildman–Crippen MR) is 59.2 cm³/mol. The molecule has 2 atom stereocenters. The average molecular weight is 224 g/mol. The van der Waals surface area contributed by atoms with Crippen molar-refractivity contribution in [2.75, 3.05) is 13.1 Å². The molecule has 1 aromatic carbocycles. The number of rotatable bonds is 2. The Morgan fingerprint density at radius 3 is 2.62 bits per heavy atom. The van der Waals surface area contributed by atoms with E-state index in [0.29, 0.717) is 25.1 Å². The summed E-state index contributed by atoms with van der Waals surface area (Å²) in [5, 5.41) is 19.2. The monoisotopic (exact) mass is 224 g/mol. The van der Waals surface area contributed by atoms with Gasteiger partial charge in [-0.1, -0.05) is 6.07 Å². The van der Waals surface area contributed by atoms with E-state index in [4.69, 9.17) is 16.2 Å². The van der Waals surface area contributed by atoms with Crippen LogP contribution in [0.4, 0.5) is 0 Å². The molecule has 0 spiro atoms. The zero-order valence-electron chi connectivity index (χ0n) is 8.89. The van der Waals surface area contributed by atoms with Gasteiger partial charge in [0.2, 0.25) is 0 Å². The van der Waals surface area contributed by atoms with Crippen molar-refractivity contribution in [3.05, 3.63) is 23.3 Å². The molecule has 5 nitrogen and oxygen atoms in total. The smallest absolute Gasteiger partial charge is 0.161 e. The van der Waals surface area contributed by atoms with Crippen molar-refractivity contribution in [3.63, 3.8) is 0 Å². The number of benzene rings is 1. The highest BCUT2D eigenvalue weighted by atomic mass is 16.5. The lowest BCUT2D eigenvalue weighted by Crippen LogP contribution is -2.35. The van der Waals surface area contributed by atoms with E-state index in [1.807, 2.05) is 0 Å². The topological polar surface area (TPSA) is 102 Å². The van der Waals surface area contributed by atoms with Gasteiger partial charge in [0.05, 0.1) is 12.2 Å². The number of aromatic hydroxyl groups is 2. The van der Waals surface area contributed by atoms with Crippen LogP contribution in [-0.2, 0) is 11.2 Å². The first-order valence-electron chi connectivity index (χ1n) is 5.26. The maximum absolute atomic E-state index is 9.78. The standard InChI is InChI=1S/C11H16N2O3/c12-4-6-3-8-7(10(5-13)16-6)1-2-9(14)11(8)15/h1-2,6,10,14-15H,3-5,12-13H2. The minimum atomic E-state index is -0.260. The summed E-state index contributed by atoms with van der Waals surface area (Å²) in [6.07, 6.45) is 0.0836. The first-order valence-corrected chi connectivity index (χ1v) is 5.26. The minimum Gasteiger partial charge on any atom is -0.504 e. The first-order chi connectivity index (χ1) is 7.67. The molecule has 6 N–H and O–H groups in total. The van der Waals surface area contributed by atoms with Crippen molar-refractivity contribution in [1.29, 1.82) is 0 Å². The van der Waals surface area contributed by atoms with Crippen LogP contribution in [0.1, 0.15) is 17.2 Å². The van der Waals surface area contributed by atoms with E-state index in [0.717, 1.165) is 5.56 Å². The molecule has 0 saturated carbocycles. The van der Waals surface area contributed by atoms with Crippen molar-refractivity contribution in [2.45, 2.75) is 18.6 Å². The van der Waals surface area contributed by atoms with E-state index >= 15 is 0 Å². The predicted octanol–water partition coefficient (Wildman–Crippen LogP) is -0.00240. The molecule has 88 valence electrons. The minimum absolute atomic E-state index is 0.0855. The van der Waals surface area contributed by atoms with Crippen LogP contribution >= 0.6 is 0 Å². The van der Waals surface area contributed by atoms with Crippen LogP contribution in [-0.4, -0.2) is 29.4 Å². The Kier molecular flexibility index (Phi) is 3.00. The van der Waals surface area contributed by atoms with E-state index < -0.39 is 0 Å². The highest BCUT2D eigenvalue weighted by molar-refractivity contribution is 5.50. The highest BCUT2D eigenvalue weighted by Crippen LogP contribution is 2.39. The lowest BCUT2D eigenvalue weighted by molar-refractivity contribution is -0.0160. The van der Waals surface area contributed by atoms with Crippen LogP contribution in [0, 0.1) is 0 Å². The molecule has 1 aliphatic rings. The van der Waals surface area contributed by atoms with Gasteiger partial charge in [-0.05, 0) is 11.6 Å². The third kappa shape index (κ3) is 1.73. The fourth-order valence-corrected chi connectivity index (χ4v) is 2.06. The van der Waals surface area contributed by atoms with Crippen LogP contribution in [0.25, 0.3) is 0 Å². The van der Waals surface area contributed by atoms with Crippen molar-refractivity contribution in [1.82, 2.24) is 0 Å². The number of hydrogen-bond acceptors (Lipinski definition) is 5. The van der Waals surface area contributed by atoms with Crippen LogP contribution in [0.15, 0.2) is 12.1 Å². The van der Waals surface area contributed by atoms with Crippen molar-refractivity contribution < 1.29 is 14.9 Å². The highest BCUT2D eigenvalue weighted by Gasteiger charge is 2.28. The molecular weight excluding hydrogens is 208 g/mol. The summed E-state index contributed by atoms with van der Waals surface area (Å²) >= 11 is 0. The molecule has 0 radical (unpaired) electrons. The molecule has 1 heterocycles. The summed E-state index contributed by atoms with van der Waals surface area (Å²) in [7, 11) is 0. The summed E-state index contributed by atoms with van der Waals surface area (Å²) in [6, 6.07) is 3.18. The molecule has 0 aliphatic carbocycles. The largest absolute Gasteiger partial charge is 0.504 e. The summed E-state index contributed by atoms with van der Waals surface area (Å²) in [4.78, 5) is 0. The van der Waals surface area contributed by atoms with Crippen LogP contribution in [0.3, 0.4) is 0 Å². The third-order valence-electron chi connectivity index (χ3n) is 2.91. The van der Waals surface area contributed by atoms with Gasteiger partial charge in [-0.15, -0.1) is 0 Å². The van der Waals surface area contributed by atoms with Gasteiger partial charge in [-0.25, -0.2) is 0 Å². The number of ether oxygens (including phenoxy) is 1. The van der Waals surface area contributed by atoms with E-state index in [9.17, 15) is 10.2 Å². The Morgan fingerprint density at radius 1 is 1.25 bits per heavy atom. The second-order valence-electron chi connectivity index (χ2n) is 3.92. The van der Waals surface area contributed by atoms with Gasteiger partial charge in [-0.3, -0.25) is 0 Å². The van der Waals surface area contributed by atoms with Crippen molar-refractivity contribution in [2.24, 2.45) is 11.5 Å². The molecular formula is C11H16N2O3. The second-order valence-corrected chi connectivity index (χ2v) is 3.92. The molecule has 1 aromatic rings. The van der Waals surface area contributed by atoms with Gasteiger partial charge in [0.25, 0.3) is 0 Å². The first kappa shape index (κ1) is 11.2. The molecule has 0 fully saturated rings. The van der Waals surface area contributed by atoms with E-state index in [1.54, 1.807) is 6.07 Å². The summed E-state index contributed by atoms with van der Waals surface area (Å²) < 4.78 is 5.66. The van der Waals surface area contributed by atoms with Crippen LogP contribution in [0.2, 0.25) is 0 Å². The lowest BCUT2D eigenvalue weighted by atomic mass is 9.93. The Bertz CT molecular complexity index is 395. The SMILES string of the molecule is NCC1Cc2c(ccc(O)c2O)C(CN)O1. The molecule has 0 aromatic heterocycles. The Morgan fingerprint density at radius 2 is 2.00 bits per heavy atom. The van der Waals surface area contributed by atoms with Gasteiger partial charge in [0, 0.05) is 25.1 Å².